The first-order valence-electron chi connectivity index (χ1n) is 7.53. The lowest BCUT2D eigenvalue weighted by Gasteiger charge is -2.38. The molecule has 0 amide bonds. The van der Waals surface area contributed by atoms with Gasteiger partial charge >= 0.3 is 0 Å². The second-order valence-electron chi connectivity index (χ2n) is 5.66. The molecule has 0 spiro atoms. The molecule has 0 saturated carbocycles. The summed E-state index contributed by atoms with van der Waals surface area (Å²) < 4.78 is 14.3. The van der Waals surface area contributed by atoms with Crippen molar-refractivity contribution in [1.29, 1.82) is 0 Å². The Morgan fingerprint density at radius 2 is 2.05 bits per heavy atom. The molecule has 1 fully saturated rings. The number of halogens is 2. The van der Waals surface area contributed by atoms with Gasteiger partial charge in [-0.2, -0.15) is 0 Å². The molecule has 1 aliphatic rings. The molecule has 1 aromatic rings. The van der Waals surface area contributed by atoms with Crippen molar-refractivity contribution in [3.8, 4) is 0 Å². The molecule has 1 heterocycles. The number of hydrogen-bond donors (Lipinski definition) is 1. The van der Waals surface area contributed by atoms with Gasteiger partial charge in [-0.05, 0) is 30.5 Å². The SMILES string of the molecule is CCCC(C)[C@@H](c1cc(Cl)ccc1F)N1CCNCC1. The standard InChI is InChI=1S/C16H24ClFN2/c1-3-4-12(2)16(20-9-7-19-8-10-20)14-11-13(17)5-6-15(14)18/h5-6,11-12,16,19H,3-4,7-10H2,1-2H3/t12?,16-/m0/s1. The van der Waals surface area contributed by atoms with Crippen molar-refractivity contribution in [3.05, 3.63) is 34.6 Å². The minimum Gasteiger partial charge on any atom is -0.314 e. The van der Waals surface area contributed by atoms with Crippen LogP contribution in [0.4, 0.5) is 4.39 Å². The van der Waals surface area contributed by atoms with Crippen LogP contribution in [0.3, 0.4) is 0 Å². The van der Waals surface area contributed by atoms with E-state index in [1.807, 2.05) is 0 Å². The van der Waals surface area contributed by atoms with E-state index in [0.29, 0.717) is 10.9 Å². The average Bonchev–Trinajstić information content (AvgIpc) is 2.44. The van der Waals surface area contributed by atoms with E-state index in [4.69, 9.17) is 11.6 Å². The number of benzene rings is 1. The van der Waals surface area contributed by atoms with E-state index in [9.17, 15) is 4.39 Å². The third-order valence-electron chi connectivity index (χ3n) is 4.10. The number of piperazine rings is 1. The van der Waals surface area contributed by atoms with Crippen molar-refractivity contribution in [2.45, 2.75) is 32.7 Å². The number of nitrogens with one attached hydrogen (secondary N) is 1. The molecule has 1 aliphatic heterocycles. The zero-order valence-corrected chi connectivity index (χ0v) is 13.1. The Morgan fingerprint density at radius 3 is 2.70 bits per heavy atom. The van der Waals surface area contributed by atoms with Crippen molar-refractivity contribution < 1.29 is 4.39 Å². The van der Waals surface area contributed by atoms with Crippen LogP contribution in [-0.4, -0.2) is 31.1 Å². The number of nitrogens with zero attached hydrogens (tertiary/aromatic N) is 1. The Hall–Kier alpha value is -0.640. The van der Waals surface area contributed by atoms with Gasteiger partial charge in [0.25, 0.3) is 0 Å². The van der Waals surface area contributed by atoms with E-state index < -0.39 is 0 Å². The molecule has 20 heavy (non-hydrogen) atoms. The molecule has 1 aromatic carbocycles. The van der Waals surface area contributed by atoms with E-state index in [1.165, 1.54) is 6.07 Å². The number of hydrogen-bond acceptors (Lipinski definition) is 2. The molecule has 0 aliphatic carbocycles. The quantitative estimate of drug-likeness (QED) is 0.888. The summed E-state index contributed by atoms with van der Waals surface area (Å²) in [4.78, 5) is 2.39. The predicted octanol–water partition coefficient (Wildman–Crippen LogP) is 3.86. The van der Waals surface area contributed by atoms with Gasteiger partial charge in [-0.25, -0.2) is 4.39 Å². The topological polar surface area (TPSA) is 15.3 Å². The molecular formula is C16H24ClFN2. The first kappa shape index (κ1) is 15.7. The minimum atomic E-state index is -0.138. The highest BCUT2D eigenvalue weighted by Crippen LogP contribution is 2.34. The monoisotopic (exact) mass is 298 g/mol. The Bertz CT molecular complexity index is 432. The van der Waals surface area contributed by atoms with E-state index >= 15 is 0 Å². The van der Waals surface area contributed by atoms with Gasteiger partial charge in [-0.3, -0.25) is 4.90 Å². The van der Waals surface area contributed by atoms with Gasteiger partial charge in [0.2, 0.25) is 0 Å². The first-order chi connectivity index (χ1) is 9.63. The Labute approximate surface area is 126 Å². The van der Waals surface area contributed by atoms with Crippen molar-refractivity contribution in [3.63, 3.8) is 0 Å². The smallest absolute Gasteiger partial charge is 0.128 e. The summed E-state index contributed by atoms with van der Waals surface area (Å²) in [5, 5.41) is 3.97. The van der Waals surface area contributed by atoms with E-state index in [0.717, 1.165) is 44.6 Å². The van der Waals surface area contributed by atoms with Crippen LogP contribution in [0, 0.1) is 11.7 Å². The summed E-state index contributed by atoms with van der Waals surface area (Å²) >= 11 is 6.08. The highest BCUT2D eigenvalue weighted by atomic mass is 35.5. The summed E-state index contributed by atoms with van der Waals surface area (Å²) in [5.74, 6) is 0.284. The van der Waals surface area contributed by atoms with Crippen molar-refractivity contribution in [2.24, 2.45) is 5.92 Å². The normalized spacial score (nSPS) is 19.8. The van der Waals surface area contributed by atoms with Crippen LogP contribution in [0.1, 0.15) is 38.3 Å². The molecule has 1 saturated heterocycles. The van der Waals surface area contributed by atoms with Gasteiger partial charge in [0.1, 0.15) is 5.82 Å². The number of rotatable bonds is 5. The molecule has 0 bridgehead atoms. The molecular weight excluding hydrogens is 275 g/mol. The highest BCUT2D eigenvalue weighted by molar-refractivity contribution is 6.30. The largest absolute Gasteiger partial charge is 0.314 e. The average molecular weight is 299 g/mol. The van der Waals surface area contributed by atoms with Gasteiger partial charge in [0.05, 0.1) is 0 Å². The maximum atomic E-state index is 14.3. The van der Waals surface area contributed by atoms with Gasteiger partial charge in [-0.15, -0.1) is 0 Å². The molecule has 2 rings (SSSR count). The second-order valence-corrected chi connectivity index (χ2v) is 6.10. The summed E-state index contributed by atoms with van der Waals surface area (Å²) in [5.41, 5.74) is 0.750. The molecule has 1 unspecified atom stereocenters. The second kappa shape index (κ2) is 7.39. The third-order valence-corrected chi connectivity index (χ3v) is 4.34. The van der Waals surface area contributed by atoms with Crippen LogP contribution in [0.5, 0.6) is 0 Å². The molecule has 4 heteroatoms. The van der Waals surface area contributed by atoms with Crippen LogP contribution in [-0.2, 0) is 0 Å². The molecule has 1 N–H and O–H groups in total. The van der Waals surface area contributed by atoms with E-state index in [-0.39, 0.29) is 11.9 Å². The van der Waals surface area contributed by atoms with Crippen molar-refractivity contribution >= 4 is 11.6 Å². The fourth-order valence-electron chi connectivity index (χ4n) is 3.18. The summed E-state index contributed by atoms with van der Waals surface area (Å²) in [6.07, 6.45) is 2.21. The fourth-order valence-corrected chi connectivity index (χ4v) is 3.36. The van der Waals surface area contributed by atoms with Crippen molar-refractivity contribution in [1.82, 2.24) is 10.2 Å². The van der Waals surface area contributed by atoms with Crippen LogP contribution >= 0.6 is 11.6 Å². The summed E-state index contributed by atoms with van der Waals surface area (Å²) in [7, 11) is 0. The Kier molecular flexibility index (Phi) is 5.82. The van der Waals surface area contributed by atoms with Gasteiger partial charge in [0, 0.05) is 42.8 Å². The third kappa shape index (κ3) is 3.72. The lowest BCUT2D eigenvalue weighted by atomic mass is 9.89. The van der Waals surface area contributed by atoms with Crippen molar-refractivity contribution in [2.75, 3.05) is 26.2 Å². The van der Waals surface area contributed by atoms with E-state index in [1.54, 1.807) is 12.1 Å². The molecule has 112 valence electrons. The molecule has 2 atom stereocenters. The first-order valence-corrected chi connectivity index (χ1v) is 7.91. The van der Waals surface area contributed by atoms with Crippen LogP contribution < -0.4 is 5.32 Å². The lowest BCUT2D eigenvalue weighted by Crippen LogP contribution is -2.46. The van der Waals surface area contributed by atoms with Gasteiger partial charge < -0.3 is 5.32 Å². The summed E-state index contributed by atoms with van der Waals surface area (Å²) in [6.45, 7) is 8.26. The zero-order valence-electron chi connectivity index (χ0n) is 12.3. The maximum absolute atomic E-state index is 14.3. The highest BCUT2D eigenvalue weighted by Gasteiger charge is 2.29. The van der Waals surface area contributed by atoms with Crippen LogP contribution in [0.2, 0.25) is 5.02 Å². The van der Waals surface area contributed by atoms with Crippen LogP contribution in [0.15, 0.2) is 18.2 Å². The van der Waals surface area contributed by atoms with Crippen LogP contribution in [0.25, 0.3) is 0 Å². The molecule has 2 nitrogen and oxygen atoms in total. The summed E-state index contributed by atoms with van der Waals surface area (Å²) in [6, 6.07) is 5.04. The minimum absolute atomic E-state index is 0.121. The van der Waals surface area contributed by atoms with Gasteiger partial charge in [0.15, 0.2) is 0 Å². The maximum Gasteiger partial charge on any atom is 0.128 e. The Balaban J connectivity index is 2.31. The predicted molar refractivity (Wildman–Crippen MR) is 82.7 cm³/mol. The van der Waals surface area contributed by atoms with Gasteiger partial charge in [-0.1, -0.05) is 31.9 Å². The van der Waals surface area contributed by atoms with E-state index in [2.05, 4.69) is 24.1 Å². The molecule has 0 aromatic heterocycles. The lowest BCUT2D eigenvalue weighted by molar-refractivity contribution is 0.123. The zero-order chi connectivity index (χ0) is 14.5. The Morgan fingerprint density at radius 1 is 1.35 bits per heavy atom. The fraction of sp³-hybridized carbons (Fsp3) is 0.625. The molecule has 0 radical (unpaired) electrons.